The summed E-state index contributed by atoms with van der Waals surface area (Å²) in [5.74, 6) is 0. The Morgan fingerprint density at radius 1 is 1.21 bits per heavy atom. The summed E-state index contributed by atoms with van der Waals surface area (Å²) in [6, 6.07) is 5.93. The zero-order chi connectivity index (χ0) is 10.7. The topological polar surface area (TPSA) is 49.8 Å². The van der Waals surface area contributed by atoms with Crippen molar-refractivity contribution in [1.29, 1.82) is 5.26 Å². The third kappa shape index (κ3) is 2.34. The molecule has 1 rings (SSSR count). The molecule has 0 bridgehead atoms. The van der Waals surface area contributed by atoms with Crippen molar-refractivity contribution in [2.24, 2.45) is 5.73 Å². The van der Waals surface area contributed by atoms with Gasteiger partial charge >= 0.3 is 0 Å². The van der Waals surface area contributed by atoms with E-state index in [1.807, 2.05) is 0 Å². The molecule has 0 fully saturated rings. The van der Waals surface area contributed by atoms with Gasteiger partial charge in [-0.05, 0) is 43.0 Å². The summed E-state index contributed by atoms with van der Waals surface area (Å²) >= 11 is 0. The summed E-state index contributed by atoms with van der Waals surface area (Å²) < 4.78 is 0. The van der Waals surface area contributed by atoms with Crippen LogP contribution in [0.25, 0.3) is 0 Å². The molecule has 2 nitrogen and oxygen atoms in total. The van der Waals surface area contributed by atoms with Crippen LogP contribution in [-0.4, -0.2) is 6.04 Å². The molecule has 0 spiro atoms. The lowest BCUT2D eigenvalue weighted by Gasteiger charge is -2.10. The van der Waals surface area contributed by atoms with Crippen LogP contribution < -0.4 is 5.73 Å². The maximum atomic E-state index is 8.64. The molecule has 2 N–H and O–H groups in total. The van der Waals surface area contributed by atoms with E-state index in [2.05, 4.69) is 39.0 Å². The van der Waals surface area contributed by atoms with E-state index >= 15 is 0 Å². The lowest BCUT2D eigenvalue weighted by Crippen LogP contribution is -2.20. The molecule has 0 aliphatic rings. The molecule has 74 valence electrons. The first-order chi connectivity index (χ1) is 6.54. The number of nitriles is 1. The number of benzene rings is 1. The van der Waals surface area contributed by atoms with Crippen molar-refractivity contribution in [3.8, 4) is 6.07 Å². The molecule has 0 aromatic heterocycles. The van der Waals surface area contributed by atoms with E-state index in [1.165, 1.54) is 22.3 Å². The molecule has 0 amide bonds. The molecule has 0 aliphatic carbocycles. The number of aryl methyl sites for hydroxylation is 3. The Hall–Kier alpha value is -1.33. The third-order valence-corrected chi connectivity index (χ3v) is 2.56. The molecule has 1 aromatic rings. The largest absolute Gasteiger partial charge is 0.316 e. The quantitative estimate of drug-likeness (QED) is 0.771. The van der Waals surface area contributed by atoms with Gasteiger partial charge in [0.25, 0.3) is 0 Å². The van der Waals surface area contributed by atoms with Gasteiger partial charge in [0.05, 0.1) is 12.1 Å². The van der Waals surface area contributed by atoms with Crippen molar-refractivity contribution in [3.05, 3.63) is 34.4 Å². The number of nitrogens with zero attached hydrogens (tertiary/aromatic N) is 1. The standard InChI is InChI=1S/C12H16N2/c1-8-4-10(3)11(5-9(8)2)6-12(14)7-13/h4-5,12H,6,14H2,1-3H3. The van der Waals surface area contributed by atoms with Gasteiger partial charge in [0.2, 0.25) is 0 Å². The fraction of sp³-hybridized carbons (Fsp3) is 0.417. The second-order valence-corrected chi connectivity index (χ2v) is 3.80. The van der Waals surface area contributed by atoms with Gasteiger partial charge in [-0.1, -0.05) is 12.1 Å². The maximum Gasteiger partial charge on any atom is 0.0968 e. The van der Waals surface area contributed by atoms with Crippen molar-refractivity contribution < 1.29 is 0 Å². The lowest BCUT2D eigenvalue weighted by atomic mass is 9.97. The number of nitrogens with two attached hydrogens (primary N) is 1. The Morgan fingerprint density at radius 2 is 1.79 bits per heavy atom. The number of rotatable bonds is 2. The third-order valence-electron chi connectivity index (χ3n) is 2.56. The number of hydrogen-bond donors (Lipinski definition) is 1. The first kappa shape index (κ1) is 10.7. The molecule has 1 aromatic carbocycles. The fourth-order valence-electron chi connectivity index (χ4n) is 1.52. The minimum atomic E-state index is -0.393. The van der Waals surface area contributed by atoms with Crippen molar-refractivity contribution in [2.45, 2.75) is 33.2 Å². The Balaban J connectivity index is 2.99. The van der Waals surface area contributed by atoms with E-state index in [0.29, 0.717) is 6.42 Å². The molecule has 0 saturated carbocycles. The van der Waals surface area contributed by atoms with Crippen LogP contribution in [0.15, 0.2) is 12.1 Å². The van der Waals surface area contributed by atoms with E-state index in [9.17, 15) is 0 Å². The zero-order valence-corrected chi connectivity index (χ0v) is 8.96. The molecule has 0 saturated heterocycles. The van der Waals surface area contributed by atoms with E-state index in [1.54, 1.807) is 0 Å². The van der Waals surface area contributed by atoms with Crippen molar-refractivity contribution in [1.82, 2.24) is 0 Å². The predicted molar refractivity (Wildman–Crippen MR) is 57.9 cm³/mol. The molecule has 2 heteroatoms. The average molecular weight is 188 g/mol. The van der Waals surface area contributed by atoms with Gasteiger partial charge in [0.1, 0.15) is 0 Å². The first-order valence-electron chi connectivity index (χ1n) is 4.76. The molecule has 0 radical (unpaired) electrons. The lowest BCUT2D eigenvalue weighted by molar-refractivity contribution is 0.816. The highest BCUT2D eigenvalue weighted by Crippen LogP contribution is 2.16. The minimum absolute atomic E-state index is 0.393. The van der Waals surface area contributed by atoms with Gasteiger partial charge in [0, 0.05) is 6.42 Å². The Morgan fingerprint density at radius 3 is 2.36 bits per heavy atom. The average Bonchev–Trinajstić information content (AvgIpc) is 2.14. The molecule has 0 aliphatic heterocycles. The summed E-state index contributed by atoms with van der Waals surface area (Å²) in [6.07, 6.45) is 0.642. The van der Waals surface area contributed by atoms with Crippen molar-refractivity contribution >= 4 is 0 Å². The molecule has 0 heterocycles. The van der Waals surface area contributed by atoms with Crippen LogP contribution in [0.1, 0.15) is 22.3 Å². The molecule has 14 heavy (non-hydrogen) atoms. The van der Waals surface area contributed by atoms with Gasteiger partial charge in [-0.25, -0.2) is 0 Å². The van der Waals surface area contributed by atoms with Gasteiger partial charge in [-0.15, -0.1) is 0 Å². The van der Waals surface area contributed by atoms with Gasteiger partial charge in [-0.3, -0.25) is 0 Å². The fourth-order valence-corrected chi connectivity index (χ4v) is 1.52. The molecular formula is C12H16N2. The van der Waals surface area contributed by atoms with E-state index in [0.717, 1.165) is 0 Å². The highest BCUT2D eigenvalue weighted by atomic mass is 14.6. The Kier molecular flexibility index (Phi) is 3.27. The maximum absolute atomic E-state index is 8.64. The van der Waals surface area contributed by atoms with Gasteiger partial charge in [-0.2, -0.15) is 5.26 Å². The summed E-state index contributed by atoms with van der Waals surface area (Å²) in [5.41, 5.74) is 10.6. The van der Waals surface area contributed by atoms with Crippen LogP contribution >= 0.6 is 0 Å². The first-order valence-corrected chi connectivity index (χ1v) is 4.76. The van der Waals surface area contributed by atoms with Crippen LogP contribution in [0.2, 0.25) is 0 Å². The Labute approximate surface area is 85.4 Å². The van der Waals surface area contributed by atoms with Crippen LogP contribution in [0.3, 0.4) is 0 Å². The van der Waals surface area contributed by atoms with E-state index in [-0.39, 0.29) is 0 Å². The second-order valence-electron chi connectivity index (χ2n) is 3.80. The van der Waals surface area contributed by atoms with Crippen LogP contribution in [-0.2, 0) is 6.42 Å². The normalized spacial score (nSPS) is 12.2. The van der Waals surface area contributed by atoms with Gasteiger partial charge in [0.15, 0.2) is 0 Å². The summed E-state index contributed by atoms with van der Waals surface area (Å²) in [5, 5.41) is 8.64. The zero-order valence-electron chi connectivity index (χ0n) is 8.96. The van der Waals surface area contributed by atoms with E-state index in [4.69, 9.17) is 11.0 Å². The molecule has 1 atom stereocenters. The van der Waals surface area contributed by atoms with Crippen molar-refractivity contribution in [3.63, 3.8) is 0 Å². The minimum Gasteiger partial charge on any atom is -0.316 e. The monoisotopic (exact) mass is 188 g/mol. The van der Waals surface area contributed by atoms with Crippen molar-refractivity contribution in [2.75, 3.05) is 0 Å². The molecular weight excluding hydrogens is 172 g/mol. The number of hydrogen-bond acceptors (Lipinski definition) is 2. The predicted octanol–water partition coefficient (Wildman–Crippen LogP) is 2.01. The Bertz CT molecular complexity index is 375. The summed E-state index contributed by atoms with van der Waals surface area (Å²) in [4.78, 5) is 0. The SMILES string of the molecule is Cc1cc(C)c(CC(N)C#N)cc1C. The summed E-state index contributed by atoms with van der Waals surface area (Å²) in [6.45, 7) is 6.23. The van der Waals surface area contributed by atoms with E-state index < -0.39 is 6.04 Å². The van der Waals surface area contributed by atoms with Crippen LogP contribution in [0.5, 0.6) is 0 Å². The highest BCUT2D eigenvalue weighted by molar-refractivity contribution is 5.37. The summed E-state index contributed by atoms with van der Waals surface area (Å²) in [7, 11) is 0. The molecule has 1 unspecified atom stereocenters. The van der Waals surface area contributed by atoms with Gasteiger partial charge < -0.3 is 5.73 Å². The highest BCUT2D eigenvalue weighted by Gasteiger charge is 2.06. The smallest absolute Gasteiger partial charge is 0.0968 e. The second kappa shape index (κ2) is 4.26. The van der Waals surface area contributed by atoms with Crippen LogP contribution in [0.4, 0.5) is 0 Å². The van der Waals surface area contributed by atoms with Crippen LogP contribution in [0, 0.1) is 32.1 Å².